The molecule has 4 aromatic rings. The molecular formula is C26H16I6N4O8. The molecule has 0 fully saturated rings. The molecule has 0 radical (unpaired) electrons. The molecule has 0 bridgehead atoms. The Hall–Kier alpha value is -1.40. The fourth-order valence-electron chi connectivity index (χ4n) is 3.23. The second-order valence-electron chi connectivity index (χ2n) is 7.94. The standard InChI is InChI=1S/C10H8N2.2C8H4I3NO4/c1-5-11-6-2-9(1)10-3-7-12-8-4-10;2*9-3-1(7(13)14)4(10)6(12)5(11)2(3)8(15)16/h1-8H;2*12H2,(H,13,14)(H,15,16). The van der Waals surface area contributed by atoms with Gasteiger partial charge in [-0.1, -0.05) is 0 Å². The van der Waals surface area contributed by atoms with Crippen LogP contribution >= 0.6 is 136 Å². The van der Waals surface area contributed by atoms with Crippen molar-refractivity contribution in [3.05, 3.63) is 92.7 Å². The fraction of sp³-hybridized carbons (Fsp3) is 0. The third kappa shape index (κ3) is 9.33. The molecule has 0 unspecified atom stereocenters. The average molecular weight is 1270 g/mol. The molecule has 0 aliphatic rings. The molecule has 12 nitrogen and oxygen atoms in total. The zero-order valence-corrected chi connectivity index (χ0v) is 34.3. The molecule has 0 saturated heterocycles. The number of carboxylic acids is 4. The predicted molar refractivity (Wildman–Crippen MR) is 209 cm³/mol. The van der Waals surface area contributed by atoms with Gasteiger partial charge in [0.1, 0.15) is 0 Å². The van der Waals surface area contributed by atoms with Crippen LogP contribution in [0.25, 0.3) is 11.1 Å². The number of nitrogen functional groups attached to an aromatic ring is 2. The van der Waals surface area contributed by atoms with Crippen LogP contribution < -0.4 is 21.6 Å². The van der Waals surface area contributed by atoms with Gasteiger partial charge in [0, 0.05) is 40.8 Å². The van der Waals surface area contributed by atoms with Gasteiger partial charge in [-0.25, -0.2) is 19.4 Å². The first-order valence-electron chi connectivity index (χ1n) is 11.2. The van der Waals surface area contributed by atoms with Crippen LogP contribution in [0.4, 0.5) is 11.4 Å². The molecule has 0 spiro atoms. The van der Waals surface area contributed by atoms with Gasteiger partial charge in [-0.15, -0.1) is 0 Å². The molecule has 18 heteroatoms. The van der Waals surface area contributed by atoms with Gasteiger partial charge in [0.2, 0.25) is 0 Å². The summed E-state index contributed by atoms with van der Waals surface area (Å²) in [6.45, 7) is 0. The van der Waals surface area contributed by atoms with Crippen molar-refractivity contribution < 1.29 is 44.6 Å². The van der Waals surface area contributed by atoms with Crippen molar-refractivity contribution in [2.24, 2.45) is 0 Å². The highest BCUT2D eigenvalue weighted by Gasteiger charge is 2.26. The largest absolute Gasteiger partial charge is 0.545 e. The molecule has 0 aliphatic heterocycles. The van der Waals surface area contributed by atoms with E-state index in [9.17, 15) is 24.3 Å². The number of benzene rings is 2. The van der Waals surface area contributed by atoms with E-state index in [1.807, 2.05) is 36.7 Å². The van der Waals surface area contributed by atoms with Crippen molar-refractivity contribution in [2.75, 3.05) is 11.5 Å². The summed E-state index contributed by atoms with van der Waals surface area (Å²) in [4.78, 5) is 50.9. The maximum Gasteiger partial charge on any atom is 0.337 e. The normalized spacial score (nSPS) is 10.0. The highest BCUT2D eigenvalue weighted by atomic mass is 127. The van der Waals surface area contributed by atoms with Crippen molar-refractivity contribution in [2.45, 2.75) is 0 Å². The van der Waals surface area contributed by atoms with Crippen molar-refractivity contribution in [3.8, 4) is 11.1 Å². The summed E-state index contributed by atoms with van der Waals surface area (Å²) in [5, 5.41) is 37.9. The number of nitrogens with zero attached hydrogens (tertiary/aromatic N) is 1. The van der Waals surface area contributed by atoms with Crippen LogP contribution in [0.5, 0.6) is 0 Å². The van der Waals surface area contributed by atoms with Crippen molar-refractivity contribution in [3.63, 3.8) is 0 Å². The first kappa shape index (κ1) is 38.8. The summed E-state index contributed by atoms with van der Waals surface area (Å²) >= 11 is 10.5. The zero-order chi connectivity index (χ0) is 33.5. The summed E-state index contributed by atoms with van der Waals surface area (Å²) in [6, 6.07) is 8.06. The van der Waals surface area contributed by atoms with E-state index in [1.54, 1.807) is 148 Å². The Morgan fingerprint density at radius 1 is 0.591 bits per heavy atom. The van der Waals surface area contributed by atoms with Crippen LogP contribution in [0, 0.1) is 21.4 Å². The predicted octanol–water partition coefficient (Wildman–Crippen LogP) is 5.19. The molecule has 2 aromatic carbocycles. The minimum atomic E-state index is -1.43. The molecule has 230 valence electrons. The number of H-pyrrole nitrogens is 1. The second kappa shape index (κ2) is 17.5. The van der Waals surface area contributed by atoms with Crippen LogP contribution in [0.1, 0.15) is 41.4 Å². The summed E-state index contributed by atoms with van der Waals surface area (Å²) in [5.74, 6) is -5.00. The lowest BCUT2D eigenvalue weighted by Crippen LogP contribution is -2.27. The Balaban J connectivity index is 0.000000232. The number of nitrogens with two attached hydrogens (primary N) is 2. The van der Waals surface area contributed by atoms with E-state index >= 15 is 0 Å². The van der Waals surface area contributed by atoms with Gasteiger partial charge in [0.05, 0.1) is 44.7 Å². The highest BCUT2D eigenvalue weighted by molar-refractivity contribution is 14.1. The molecule has 4 rings (SSSR count). The van der Waals surface area contributed by atoms with Crippen molar-refractivity contribution in [1.82, 2.24) is 4.98 Å². The molecular weight excluding hydrogens is 1260 g/mol. The van der Waals surface area contributed by atoms with Crippen LogP contribution in [0.3, 0.4) is 0 Å². The summed E-state index contributed by atoms with van der Waals surface area (Å²) < 4.78 is 1.70. The van der Waals surface area contributed by atoms with Crippen LogP contribution in [0.2, 0.25) is 0 Å². The van der Waals surface area contributed by atoms with Gasteiger partial charge in [0.25, 0.3) is 0 Å². The molecule has 2 heterocycles. The number of hydrogen-bond acceptors (Lipinski definition) is 8. The number of hydrogen-bond donors (Lipinski definition) is 5. The first-order valence-corrected chi connectivity index (χ1v) is 17.7. The van der Waals surface area contributed by atoms with Gasteiger partial charge in [-0.05, 0) is 159 Å². The van der Waals surface area contributed by atoms with E-state index in [4.69, 9.17) is 26.8 Å². The van der Waals surface area contributed by atoms with E-state index in [2.05, 4.69) is 9.97 Å². The lowest BCUT2D eigenvalue weighted by molar-refractivity contribution is -0.377. The number of aromatic carboxylic acids is 4. The number of aromatic amines is 1. The van der Waals surface area contributed by atoms with E-state index in [1.165, 1.54) is 11.1 Å². The maximum atomic E-state index is 11.0. The number of carbonyl (C=O) groups excluding carboxylic acids is 1. The third-order valence-electron chi connectivity index (χ3n) is 5.28. The lowest BCUT2D eigenvalue weighted by atomic mass is 10.1. The number of carbonyl (C=O) groups is 4. The molecule has 2 aromatic heterocycles. The van der Waals surface area contributed by atoms with Crippen LogP contribution in [0.15, 0.2) is 49.1 Å². The van der Waals surface area contributed by atoms with Crippen LogP contribution in [-0.2, 0) is 0 Å². The van der Waals surface area contributed by atoms with Crippen molar-refractivity contribution in [1.29, 1.82) is 0 Å². The Kier molecular flexibility index (Phi) is 15.4. The quantitative estimate of drug-likeness (QED) is 0.129. The molecule has 44 heavy (non-hydrogen) atoms. The SMILES string of the molecule is Nc1c(I)c(C(=O)O)c(I)c(C(=O)O)c1I.Nc1c(I)c(C(=O)[O-])c(I)c(C(=O)O)c1I.c1cc(-c2cc[nH+]cc2)ccn1. The van der Waals surface area contributed by atoms with Gasteiger partial charge < -0.3 is 36.7 Å². The minimum absolute atomic E-state index is 0.0588. The van der Waals surface area contributed by atoms with E-state index < -0.39 is 23.9 Å². The molecule has 8 N–H and O–H groups in total. The molecule has 0 saturated carbocycles. The van der Waals surface area contributed by atoms with E-state index in [0.29, 0.717) is 14.3 Å². The Morgan fingerprint density at radius 3 is 1.25 bits per heavy atom. The average Bonchev–Trinajstić information content (AvgIpc) is 2.96. The summed E-state index contributed by atoms with van der Waals surface area (Å²) in [5.41, 5.74) is 13.7. The minimum Gasteiger partial charge on any atom is -0.545 e. The Bertz CT molecular complexity index is 1550. The maximum absolute atomic E-state index is 11.0. The second-order valence-corrected chi connectivity index (χ2v) is 14.4. The third-order valence-corrected chi connectivity index (χ3v) is 11.9. The fourth-order valence-corrected chi connectivity index (χ4v) is 11.4. The molecule has 0 atom stereocenters. The Labute approximate surface area is 331 Å². The number of aromatic nitrogens is 2. The summed E-state index contributed by atoms with van der Waals surface area (Å²) in [7, 11) is 0. The van der Waals surface area contributed by atoms with Crippen LogP contribution in [-0.4, -0.2) is 44.2 Å². The first-order chi connectivity index (χ1) is 20.5. The van der Waals surface area contributed by atoms with Gasteiger partial charge in [-0.3, -0.25) is 4.98 Å². The van der Waals surface area contributed by atoms with Gasteiger partial charge >= 0.3 is 17.9 Å². The smallest absolute Gasteiger partial charge is 0.337 e. The number of halogens is 6. The number of carboxylic acid groups (broad SMARTS) is 4. The topological polar surface area (TPSA) is 231 Å². The number of rotatable bonds is 5. The van der Waals surface area contributed by atoms with E-state index in [0.717, 1.165) is 0 Å². The number of pyridine rings is 2. The summed E-state index contributed by atoms with van der Waals surface area (Å²) in [6.07, 6.45) is 7.42. The highest BCUT2D eigenvalue weighted by Crippen LogP contribution is 2.34. The van der Waals surface area contributed by atoms with Gasteiger partial charge in [0.15, 0.2) is 12.4 Å². The Morgan fingerprint density at radius 2 is 0.909 bits per heavy atom. The number of anilines is 2. The van der Waals surface area contributed by atoms with Gasteiger partial charge in [-0.2, -0.15) is 0 Å². The van der Waals surface area contributed by atoms with Crippen molar-refractivity contribution >= 4 is 171 Å². The lowest BCUT2D eigenvalue weighted by Gasteiger charge is -2.15. The van der Waals surface area contributed by atoms with E-state index in [-0.39, 0.29) is 40.8 Å². The molecule has 0 aliphatic carbocycles. The monoisotopic (exact) mass is 1270 g/mol. The molecule has 0 amide bonds. The zero-order valence-electron chi connectivity index (χ0n) is 21.4. The number of nitrogens with one attached hydrogen (secondary N) is 1.